The predicted octanol–water partition coefficient (Wildman–Crippen LogP) is 1.40. The van der Waals surface area contributed by atoms with Crippen molar-refractivity contribution in [2.24, 2.45) is 5.73 Å². The number of aryl methyl sites for hydroxylation is 1. The van der Waals surface area contributed by atoms with Crippen LogP contribution in [0.3, 0.4) is 0 Å². The molecule has 0 spiro atoms. The van der Waals surface area contributed by atoms with Gasteiger partial charge in [0.25, 0.3) is 0 Å². The molecular weight excluding hydrogens is 202 g/mol. The Morgan fingerprint density at radius 1 is 1.38 bits per heavy atom. The first-order valence-electron chi connectivity index (χ1n) is 6.26. The number of nitrogens with zero attached hydrogens (tertiary/aromatic N) is 2. The minimum absolute atomic E-state index is 0.225. The second kappa shape index (κ2) is 4.18. The number of ether oxygens (including phenoxy) is 1. The third-order valence-corrected chi connectivity index (χ3v) is 3.57. The molecule has 0 amide bonds. The zero-order valence-electron chi connectivity index (χ0n) is 9.56. The first-order valence-corrected chi connectivity index (χ1v) is 6.26. The Bertz CT molecular complexity index is 368. The zero-order valence-corrected chi connectivity index (χ0v) is 9.56. The van der Waals surface area contributed by atoms with Crippen molar-refractivity contribution in [1.82, 2.24) is 9.55 Å². The van der Waals surface area contributed by atoms with Crippen LogP contribution in [0.15, 0.2) is 6.20 Å². The monoisotopic (exact) mass is 221 g/mol. The molecule has 2 unspecified atom stereocenters. The van der Waals surface area contributed by atoms with Gasteiger partial charge >= 0.3 is 0 Å². The molecule has 2 aliphatic heterocycles. The molecule has 2 aliphatic rings. The lowest BCUT2D eigenvalue weighted by molar-refractivity contribution is 0.0124. The maximum Gasteiger partial charge on any atom is 0.110 e. The van der Waals surface area contributed by atoms with Crippen LogP contribution in [0.5, 0.6) is 0 Å². The number of hydrogen-bond acceptors (Lipinski definition) is 3. The second-order valence-corrected chi connectivity index (χ2v) is 4.88. The zero-order chi connectivity index (χ0) is 11.0. The molecule has 0 aromatic carbocycles. The van der Waals surface area contributed by atoms with E-state index in [0.29, 0.717) is 0 Å². The molecule has 0 radical (unpaired) electrons. The summed E-state index contributed by atoms with van der Waals surface area (Å²) in [4.78, 5) is 4.68. The molecule has 0 bridgehead atoms. The number of nitrogens with two attached hydrogens (primary N) is 1. The molecule has 2 atom stereocenters. The van der Waals surface area contributed by atoms with Crippen molar-refractivity contribution in [2.45, 2.75) is 50.8 Å². The summed E-state index contributed by atoms with van der Waals surface area (Å²) < 4.78 is 8.01. The van der Waals surface area contributed by atoms with Gasteiger partial charge in [-0.25, -0.2) is 4.98 Å². The summed E-state index contributed by atoms with van der Waals surface area (Å²) >= 11 is 0. The molecule has 1 fully saturated rings. The lowest BCUT2D eigenvalue weighted by Gasteiger charge is -2.20. The molecule has 88 valence electrons. The number of imidazole rings is 1. The van der Waals surface area contributed by atoms with Gasteiger partial charge in [0.15, 0.2) is 0 Å². The lowest BCUT2D eigenvalue weighted by Crippen LogP contribution is -2.30. The summed E-state index contributed by atoms with van der Waals surface area (Å²) in [6.07, 6.45) is 7.92. The van der Waals surface area contributed by atoms with Gasteiger partial charge < -0.3 is 15.0 Å². The Morgan fingerprint density at radius 2 is 2.31 bits per heavy atom. The van der Waals surface area contributed by atoms with Gasteiger partial charge in [0.2, 0.25) is 0 Å². The number of hydrogen-bond donors (Lipinski definition) is 1. The van der Waals surface area contributed by atoms with E-state index in [2.05, 4.69) is 15.7 Å². The van der Waals surface area contributed by atoms with Gasteiger partial charge in [0.1, 0.15) is 11.9 Å². The van der Waals surface area contributed by atoms with E-state index in [4.69, 9.17) is 10.5 Å². The van der Waals surface area contributed by atoms with E-state index in [1.54, 1.807) is 0 Å². The van der Waals surface area contributed by atoms with E-state index >= 15 is 0 Å². The SMILES string of the molecule is NC1CCn2cc(C3CCCCO3)nc2C1. The smallest absolute Gasteiger partial charge is 0.110 e. The topological polar surface area (TPSA) is 53.1 Å². The van der Waals surface area contributed by atoms with Crippen molar-refractivity contribution >= 4 is 0 Å². The van der Waals surface area contributed by atoms with Crippen LogP contribution < -0.4 is 5.73 Å². The van der Waals surface area contributed by atoms with Crippen LogP contribution in [0.2, 0.25) is 0 Å². The molecule has 1 saturated heterocycles. The molecule has 4 heteroatoms. The fraction of sp³-hybridized carbons (Fsp3) is 0.750. The Kier molecular flexibility index (Phi) is 2.69. The summed E-state index contributed by atoms with van der Waals surface area (Å²) in [5.41, 5.74) is 7.07. The van der Waals surface area contributed by atoms with Crippen LogP contribution >= 0.6 is 0 Å². The summed E-state index contributed by atoms with van der Waals surface area (Å²) in [6, 6.07) is 0.287. The highest BCUT2D eigenvalue weighted by Crippen LogP contribution is 2.28. The second-order valence-electron chi connectivity index (χ2n) is 4.88. The molecule has 4 nitrogen and oxygen atoms in total. The minimum atomic E-state index is 0.225. The first kappa shape index (κ1) is 10.3. The van der Waals surface area contributed by atoms with Crippen molar-refractivity contribution in [3.8, 4) is 0 Å². The molecule has 16 heavy (non-hydrogen) atoms. The predicted molar refractivity (Wildman–Crippen MR) is 61.1 cm³/mol. The Labute approximate surface area is 95.8 Å². The van der Waals surface area contributed by atoms with Crippen LogP contribution in [-0.4, -0.2) is 22.2 Å². The highest BCUT2D eigenvalue weighted by molar-refractivity contribution is 5.10. The van der Waals surface area contributed by atoms with Crippen LogP contribution in [-0.2, 0) is 17.7 Å². The summed E-state index contributed by atoms with van der Waals surface area (Å²) in [5.74, 6) is 1.14. The average molecular weight is 221 g/mol. The molecule has 0 aliphatic carbocycles. The lowest BCUT2D eigenvalue weighted by atomic mass is 10.1. The maximum absolute atomic E-state index is 5.95. The van der Waals surface area contributed by atoms with Crippen molar-refractivity contribution in [2.75, 3.05) is 6.61 Å². The molecule has 3 rings (SSSR count). The number of fused-ring (bicyclic) bond motifs is 1. The van der Waals surface area contributed by atoms with Gasteiger partial charge in [-0.15, -0.1) is 0 Å². The maximum atomic E-state index is 5.95. The normalized spacial score (nSPS) is 30.1. The number of aromatic nitrogens is 2. The molecule has 1 aromatic heterocycles. The van der Waals surface area contributed by atoms with Gasteiger partial charge in [0.05, 0.1) is 5.69 Å². The van der Waals surface area contributed by atoms with Gasteiger partial charge in [-0.3, -0.25) is 0 Å². The minimum Gasteiger partial charge on any atom is -0.372 e. The van der Waals surface area contributed by atoms with E-state index in [9.17, 15) is 0 Å². The van der Waals surface area contributed by atoms with E-state index < -0.39 is 0 Å². The Hall–Kier alpha value is -0.870. The van der Waals surface area contributed by atoms with Crippen molar-refractivity contribution < 1.29 is 4.74 Å². The van der Waals surface area contributed by atoms with Crippen molar-refractivity contribution in [1.29, 1.82) is 0 Å². The third-order valence-electron chi connectivity index (χ3n) is 3.57. The van der Waals surface area contributed by atoms with E-state index in [1.807, 2.05) is 0 Å². The van der Waals surface area contributed by atoms with E-state index in [0.717, 1.165) is 43.9 Å². The van der Waals surface area contributed by atoms with Crippen LogP contribution in [0, 0.1) is 0 Å². The van der Waals surface area contributed by atoms with Crippen molar-refractivity contribution in [3.05, 3.63) is 17.7 Å². The van der Waals surface area contributed by atoms with E-state index in [1.165, 1.54) is 12.8 Å². The summed E-state index contributed by atoms with van der Waals surface area (Å²) in [7, 11) is 0. The highest BCUT2D eigenvalue weighted by Gasteiger charge is 2.23. The van der Waals surface area contributed by atoms with Crippen LogP contribution in [0.1, 0.15) is 43.3 Å². The third kappa shape index (κ3) is 1.87. The summed E-state index contributed by atoms with van der Waals surface area (Å²) in [6.45, 7) is 1.89. The standard InChI is InChI=1S/C12H19N3O/c13-9-4-5-15-8-10(14-12(15)7-9)11-3-1-2-6-16-11/h8-9,11H,1-7,13H2. The average Bonchev–Trinajstić information content (AvgIpc) is 2.73. The highest BCUT2D eigenvalue weighted by atomic mass is 16.5. The molecule has 3 heterocycles. The Balaban J connectivity index is 1.80. The molecule has 0 saturated carbocycles. The fourth-order valence-electron chi connectivity index (χ4n) is 2.60. The quantitative estimate of drug-likeness (QED) is 0.780. The summed E-state index contributed by atoms with van der Waals surface area (Å²) in [5, 5.41) is 0. The van der Waals surface area contributed by atoms with Gasteiger partial charge in [-0.05, 0) is 25.7 Å². The van der Waals surface area contributed by atoms with E-state index in [-0.39, 0.29) is 12.1 Å². The Morgan fingerprint density at radius 3 is 3.12 bits per heavy atom. The fourth-order valence-corrected chi connectivity index (χ4v) is 2.60. The molecular formula is C12H19N3O. The van der Waals surface area contributed by atoms with Gasteiger partial charge in [0, 0.05) is 31.8 Å². The van der Waals surface area contributed by atoms with Gasteiger partial charge in [-0.2, -0.15) is 0 Å². The number of rotatable bonds is 1. The van der Waals surface area contributed by atoms with Crippen LogP contribution in [0.25, 0.3) is 0 Å². The van der Waals surface area contributed by atoms with Gasteiger partial charge in [-0.1, -0.05) is 0 Å². The van der Waals surface area contributed by atoms with Crippen molar-refractivity contribution in [3.63, 3.8) is 0 Å². The first-order chi connectivity index (χ1) is 7.83. The molecule has 2 N–H and O–H groups in total. The largest absolute Gasteiger partial charge is 0.372 e. The molecule has 1 aromatic rings. The van der Waals surface area contributed by atoms with Crippen LogP contribution in [0.4, 0.5) is 0 Å².